The molecule has 4 aromatic rings. The third-order valence-electron chi connectivity index (χ3n) is 5.55. The third kappa shape index (κ3) is 4.59. The van der Waals surface area contributed by atoms with Crippen molar-refractivity contribution < 1.29 is 14.6 Å². The molecule has 0 atom stereocenters. The lowest BCUT2D eigenvalue weighted by Crippen LogP contribution is -2.12. The number of carbonyl (C=O) groups is 1. The maximum absolute atomic E-state index is 11.5. The van der Waals surface area contributed by atoms with Crippen LogP contribution in [0.5, 0.6) is 5.75 Å². The second-order valence-corrected chi connectivity index (χ2v) is 7.64. The second kappa shape index (κ2) is 9.60. The van der Waals surface area contributed by atoms with Crippen molar-refractivity contribution in [3.05, 3.63) is 66.1 Å². The van der Waals surface area contributed by atoms with E-state index in [0.29, 0.717) is 24.6 Å². The minimum Gasteiger partial charge on any atom is -0.496 e. The number of ether oxygens (including phenoxy) is 1. The lowest BCUT2D eigenvalue weighted by Gasteiger charge is -2.12. The van der Waals surface area contributed by atoms with Gasteiger partial charge in [-0.2, -0.15) is 0 Å². The molecular formula is C25H27N5O3. The number of hydrogen-bond acceptors (Lipinski definition) is 6. The van der Waals surface area contributed by atoms with Crippen molar-refractivity contribution in [2.75, 3.05) is 30.8 Å². The number of methoxy groups -OCH3 is 1. The highest BCUT2D eigenvalue weighted by Crippen LogP contribution is 2.29. The summed E-state index contributed by atoms with van der Waals surface area (Å²) < 4.78 is 7.74. The van der Waals surface area contributed by atoms with E-state index in [1.165, 1.54) is 6.33 Å². The summed E-state index contributed by atoms with van der Waals surface area (Å²) in [6.07, 6.45) is 1.51. The highest BCUT2D eigenvalue weighted by molar-refractivity contribution is 5.95. The molecule has 8 heteroatoms. The number of aromatic nitrogens is 3. The Balaban J connectivity index is 1.51. The van der Waals surface area contributed by atoms with Crippen LogP contribution in [0, 0.1) is 6.92 Å². The quantitative estimate of drug-likeness (QED) is 0.344. The maximum Gasteiger partial charge on any atom is 0.337 e. The van der Waals surface area contributed by atoms with Crippen LogP contribution >= 0.6 is 0 Å². The van der Waals surface area contributed by atoms with E-state index in [4.69, 9.17) is 4.74 Å². The van der Waals surface area contributed by atoms with Crippen LogP contribution in [0.3, 0.4) is 0 Å². The van der Waals surface area contributed by atoms with Crippen molar-refractivity contribution in [2.24, 2.45) is 0 Å². The summed E-state index contributed by atoms with van der Waals surface area (Å²) in [7, 11) is 1.69. The summed E-state index contributed by atoms with van der Waals surface area (Å²) >= 11 is 0. The first-order valence-corrected chi connectivity index (χ1v) is 10.8. The normalized spacial score (nSPS) is 10.9. The number of fused-ring (bicyclic) bond motifs is 1. The smallest absolute Gasteiger partial charge is 0.337 e. The predicted molar refractivity (Wildman–Crippen MR) is 130 cm³/mol. The van der Waals surface area contributed by atoms with Gasteiger partial charge >= 0.3 is 5.97 Å². The van der Waals surface area contributed by atoms with E-state index >= 15 is 0 Å². The monoisotopic (exact) mass is 445 g/mol. The molecule has 0 aliphatic rings. The molecule has 0 aliphatic carbocycles. The van der Waals surface area contributed by atoms with Gasteiger partial charge in [0.2, 0.25) is 0 Å². The SMILES string of the molecule is CCNc1cc(-c2cc(NCCn3c(C)cc4c(OC)cccc43)ncn2)ccc1C(=O)O. The van der Waals surface area contributed by atoms with Crippen LogP contribution in [0.25, 0.3) is 22.2 Å². The Labute approximate surface area is 192 Å². The van der Waals surface area contributed by atoms with Gasteiger partial charge in [0.25, 0.3) is 0 Å². The Kier molecular flexibility index (Phi) is 6.44. The first-order chi connectivity index (χ1) is 16.0. The van der Waals surface area contributed by atoms with Gasteiger partial charge in [-0.1, -0.05) is 12.1 Å². The van der Waals surface area contributed by atoms with Crippen molar-refractivity contribution >= 4 is 28.4 Å². The molecule has 0 saturated carbocycles. The van der Waals surface area contributed by atoms with Crippen molar-refractivity contribution in [1.29, 1.82) is 0 Å². The molecule has 0 bridgehead atoms. The molecule has 0 saturated heterocycles. The summed E-state index contributed by atoms with van der Waals surface area (Å²) in [6, 6.07) is 15.2. The fourth-order valence-electron chi connectivity index (χ4n) is 4.00. The average molecular weight is 446 g/mol. The molecule has 33 heavy (non-hydrogen) atoms. The highest BCUT2D eigenvalue weighted by atomic mass is 16.5. The van der Waals surface area contributed by atoms with E-state index in [0.717, 1.165) is 40.1 Å². The Bertz CT molecular complexity index is 1300. The minimum atomic E-state index is -0.965. The van der Waals surface area contributed by atoms with Crippen molar-refractivity contribution in [2.45, 2.75) is 20.4 Å². The van der Waals surface area contributed by atoms with Gasteiger partial charge in [0, 0.05) is 48.0 Å². The van der Waals surface area contributed by atoms with Gasteiger partial charge < -0.3 is 25.0 Å². The Morgan fingerprint density at radius 2 is 1.97 bits per heavy atom. The second-order valence-electron chi connectivity index (χ2n) is 7.64. The van der Waals surface area contributed by atoms with Crippen LogP contribution in [0.2, 0.25) is 0 Å². The summed E-state index contributed by atoms with van der Waals surface area (Å²) in [6.45, 7) is 6.08. The van der Waals surface area contributed by atoms with Gasteiger partial charge in [-0.05, 0) is 44.2 Å². The zero-order valence-electron chi connectivity index (χ0n) is 18.9. The fraction of sp³-hybridized carbons (Fsp3) is 0.240. The Morgan fingerprint density at radius 3 is 2.73 bits per heavy atom. The number of aromatic carboxylic acids is 1. The number of benzene rings is 2. The Morgan fingerprint density at radius 1 is 1.12 bits per heavy atom. The number of hydrogen-bond donors (Lipinski definition) is 3. The molecule has 0 aliphatic heterocycles. The topological polar surface area (TPSA) is 101 Å². The number of nitrogens with zero attached hydrogens (tertiary/aromatic N) is 3. The van der Waals surface area contributed by atoms with Gasteiger partial charge in [0.1, 0.15) is 17.9 Å². The lowest BCUT2D eigenvalue weighted by atomic mass is 10.1. The first-order valence-electron chi connectivity index (χ1n) is 10.8. The largest absolute Gasteiger partial charge is 0.496 e. The van der Waals surface area contributed by atoms with Gasteiger partial charge in [-0.3, -0.25) is 0 Å². The van der Waals surface area contributed by atoms with Crippen LogP contribution in [0.15, 0.2) is 54.9 Å². The number of carboxylic acid groups (broad SMARTS) is 1. The van der Waals surface area contributed by atoms with Crippen molar-refractivity contribution in [1.82, 2.24) is 14.5 Å². The molecule has 4 rings (SSSR count). The number of anilines is 2. The van der Waals surface area contributed by atoms with E-state index in [9.17, 15) is 9.90 Å². The molecule has 0 unspecified atom stereocenters. The van der Waals surface area contributed by atoms with E-state index < -0.39 is 5.97 Å². The number of nitrogens with one attached hydrogen (secondary N) is 2. The third-order valence-corrected chi connectivity index (χ3v) is 5.55. The molecule has 3 N–H and O–H groups in total. The molecule has 0 radical (unpaired) electrons. The number of aryl methyl sites for hydroxylation is 1. The molecular weight excluding hydrogens is 418 g/mol. The molecule has 2 aromatic carbocycles. The van der Waals surface area contributed by atoms with E-state index in [2.05, 4.69) is 44.2 Å². The van der Waals surface area contributed by atoms with Crippen molar-refractivity contribution in [3.63, 3.8) is 0 Å². The summed E-state index contributed by atoms with van der Waals surface area (Å²) in [4.78, 5) is 20.2. The molecule has 2 heterocycles. The first kappa shape index (κ1) is 22.1. The van der Waals surface area contributed by atoms with E-state index in [-0.39, 0.29) is 5.56 Å². The van der Waals surface area contributed by atoms with Crippen LogP contribution in [0.4, 0.5) is 11.5 Å². The standard InChI is InChI=1S/C25H27N5O3/c1-4-26-21-13-17(8-9-18(21)25(31)32)20-14-24(29-15-28-20)27-10-11-30-16(2)12-19-22(30)6-5-7-23(19)33-3/h5-9,12-15,26H,4,10-11H2,1-3H3,(H,31,32)(H,27,28,29). The van der Waals surface area contributed by atoms with Crippen LogP contribution in [0.1, 0.15) is 23.0 Å². The van der Waals surface area contributed by atoms with Gasteiger partial charge in [0.15, 0.2) is 0 Å². The maximum atomic E-state index is 11.5. The van der Waals surface area contributed by atoms with Crippen LogP contribution in [-0.2, 0) is 6.54 Å². The molecule has 170 valence electrons. The summed E-state index contributed by atoms with van der Waals surface area (Å²) in [5, 5.41) is 17.0. The molecule has 8 nitrogen and oxygen atoms in total. The van der Waals surface area contributed by atoms with Crippen molar-refractivity contribution in [3.8, 4) is 17.0 Å². The van der Waals surface area contributed by atoms with Crippen LogP contribution in [-0.4, -0.2) is 45.8 Å². The van der Waals surface area contributed by atoms with Gasteiger partial charge in [-0.15, -0.1) is 0 Å². The molecule has 0 spiro atoms. The Hall–Kier alpha value is -4.07. The average Bonchev–Trinajstić information content (AvgIpc) is 3.14. The number of rotatable bonds is 9. The van der Waals surface area contributed by atoms with E-state index in [1.807, 2.05) is 31.2 Å². The highest BCUT2D eigenvalue weighted by Gasteiger charge is 2.13. The van der Waals surface area contributed by atoms with E-state index in [1.54, 1.807) is 19.2 Å². The molecule has 0 fully saturated rings. The molecule has 0 amide bonds. The summed E-state index contributed by atoms with van der Waals surface area (Å²) in [5.74, 6) is 0.612. The fourth-order valence-corrected chi connectivity index (χ4v) is 4.00. The van der Waals surface area contributed by atoms with Gasteiger partial charge in [0.05, 0.1) is 23.9 Å². The minimum absolute atomic E-state index is 0.235. The zero-order chi connectivity index (χ0) is 23.4. The van der Waals surface area contributed by atoms with Crippen LogP contribution < -0.4 is 15.4 Å². The number of carboxylic acids is 1. The predicted octanol–water partition coefficient (Wildman–Crippen LogP) is 4.66. The summed E-state index contributed by atoms with van der Waals surface area (Å²) in [5.41, 5.74) is 4.64. The lowest BCUT2D eigenvalue weighted by molar-refractivity contribution is 0.0698. The molecule has 2 aromatic heterocycles. The van der Waals surface area contributed by atoms with Gasteiger partial charge in [-0.25, -0.2) is 14.8 Å². The zero-order valence-corrected chi connectivity index (χ0v) is 18.9.